The van der Waals surface area contributed by atoms with Crippen LogP contribution in [0.5, 0.6) is 11.5 Å². The van der Waals surface area contributed by atoms with Gasteiger partial charge in [0, 0.05) is 0 Å². The number of ether oxygens (including phenoxy) is 2. The van der Waals surface area contributed by atoms with Gasteiger partial charge in [0.05, 0.1) is 19.9 Å². The summed E-state index contributed by atoms with van der Waals surface area (Å²) in [6, 6.07) is 14.7. The summed E-state index contributed by atoms with van der Waals surface area (Å²) in [4.78, 5) is 14.2. The molecule has 1 aliphatic rings. The minimum atomic E-state index is -0.229. The highest BCUT2D eigenvalue weighted by molar-refractivity contribution is 7.80. The van der Waals surface area contributed by atoms with Crippen LogP contribution in [0.3, 0.4) is 0 Å². The zero-order valence-corrected chi connectivity index (χ0v) is 14.1. The van der Waals surface area contributed by atoms with Gasteiger partial charge in [-0.05, 0) is 48.1 Å². The monoisotopic (exact) mass is 340 g/mol. The van der Waals surface area contributed by atoms with Crippen LogP contribution >= 0.6 is 12.2 Å². The van der Waals surface area contributed by atoms with Crippen molar-refractivity contribution in [2.24, 2.45) is 0 Å². The lowest BCUT2D eigenvalue weighted by Crippen LogP contribution is -2.30. The fourth-order valence-electron chi connectivity index (χ4n) is 2.47. The molecule has 0 radical (unpaired) electrons. The van der Waals surface area contributed by atoms with Gasteiger partial charge in [-0.15, -0.1) is 0 Å². The van der Waals surface area contributed by atoms with Gasteiger partial charge < -0.3 is 14.8 Å². The van der Waals surface area contributed by atoms with E-state index in [2.05, 4.69) is 5.32 Å². The summed E-state index contributed by atoms with van der Waals surface area (Å²) in [5.74, 6) is 1.07. The second kappa shape index (κ2) is 6.72. The molecule has 1 amide bonds. The normalized spacial score (nSPS) is 15.6. The molecule has 122 valence electrons. The zero-order valence-electron chi connectivity index (χ0n) is 13.3. The first kappa shape index (κ1) is 16.0. The molecule has 24 heavy (non-hydrogen) atoms. The van der Waals surface area contributed by atoms with Crippen molar-refractivity contribution >= 4 is 35.0 Å². The van der Waals surface area contributed by atoms with Gasteiger partial charge in [0.25, 0.3) is 5.91 Å². The van der Waals surface area contributed by atoms with Crippen LogP contribution in [0, 0.1) is 0 Å². The molecule has 0 atom stereocenters. The zero-order chi connectivity index (χ0) is 17.1. The van der Waals surface area contributed by atoms with Crippen LogP contribution in [0.2, 0.25) is 0 Å². The van der Waals surface area contributed by atoms with Crippen LogP contribution < -0.4 is 19.7 Å². The Morgan fingerprint density at radius 1 is 1.08 bits per heavy atom. The number of thiocarbonyl (C=S) groups is 1. The van der Waals surface area contributed by atoms with Crippen LogP contribution in [-0.2, 0) is 4.79 Å². The quantitative estimate of drug-likeness (QED) is 0.685. The van der Waals surface area contributed by atoms with Crippen LogP contribution in [0.1, 0.15) is 5.56 Å². The molecule has 1 N–H and O–H groups in total. The molecule has 0 saturated carbocycles. The third kappa shape index (κ3) is 2.96. The van der Waals surface area contributed by atoms with E-state index in [4.69, 9.17) is 21.7 Å². The van der Waals surface area contributed by atoms with E-state index in [0.717, 1.165) is 11.3 Å². The number of hydrogen-bond donors (Lipinski definition) is 1. The fourth-order valence-corrected chi connectivity index (χ4v) is 2.76. The van der Waals surface area contributed by atoms with E-state index in [1.54, 1.807) is 32.4 Å². The van der Waals surface area contributed by atoms with Gasteiger partial charge in [0.2, 0.25) is 0 Å². The van der Waals surface area contributed by atoms with Gasteiger partial charge in [-0.1, -0.05) is 24.3 Å². The summed E-state index contributed by atoms with van der Waals surface area (Å²) in [5.41, 5.74) is 1.85. The number of carbonyl (C=O) groups excluding carboxylic acids is 1. The summed E-state index contributed by atoms with van der Waals surface area (Å²) in [6.07, 6.45) is 1.74. The summed E-state index contributed by atoms with van der Waals surface area (Å²) < 4.78 is 10.5. The largest absolute Gasteiger partial charge is 0.497 e. The Kier molecular flexibility index (Phi) is 4.48. The Bertz CT molecular complexity index is 833. The minimum Gasteiger partial charge on any atom is -0.497 e. The predicted octanol–water partition coefficient (Wildman–Crippen LogP) is 2.97. The number of amides is 1. The van der Waals surface area contributed by atoms with Crippen molar-refractivity contribution in [1.82, 2.24) is 5.32 Å². The molecule has 1 fully saturated rings. The second-order valence-electron chi connectivity index (χ2n) is 5.08. The maximum absolute atomic E-state index is 12.8. The Labute approximate surface area is 145 Å². The van der Waals surface area contributed by atoms with Crippen molar-refractivity contribution in [3.8, 4) is 11.5 Å². The number of benzene rings is 2. The van der Waals surface area contributed by atoms with E-state index >= 15 is 0 Å². The Hall–Kier alpha value is -2.86. The molecule has 0 aliphatic carbocycles. The van der Waals surface area contributed by atoms with Gasteiger partial charge in [-0.2, -0.15) is 0 Å². The summed E-state index contributed by atoms with van der Waals surface area (Å²) in [7, 11) is 3.16. The van der Waals surface area contributed by atoms with Crippen molar-refractivity contribution < 1.29 is 14.3 Å². The maximum atomic E-state index is 12.8. The summed E-state index contributed by atoms with van der Waals surface area (Å²) >= 11 is 5.32. The number of hydrogen-bond acceptors (Lipinski definition) is 4. The summed E-state index contributed by atoms with van der Waals surface area (Å²) in [6.45, 7) is 0. The topological polar surface area (TPSA) is 50.8 Å². The number of para-hydroxylation sites is 2. The Morgan fingerprint density at radius 2 is 1.88 bits per heavy atom. The smallest absolute Gasteiger partial charge is 0.281 e. The number of anilines is 1. The molecule has 3 rings (SSSR count). The molecule has 6 heteroatoms. The van der Waals surface area contributed by atoms with Gasteiger partial charge in [-0.25, -0.2) is 4.90 Å². The molecule has 1 heterocycles. The van der Waals surface area contributed by atoms with Crippen LogP contribution in [0.4, 0.5) is 5.69 Å². The molecule has 5 nitrogen and oxygen atoms in total. The van der Waals surface area contributed by atoms with Gasteiger partial charge in [-0.3, -0.25) is 4.79 Å². The van der Waals surface area contributed by atoms with Crippen LogP contribution in [0.25, 0.3) is 6.08 Å². The maximum Gasteiger partial charge on any atom is 0.281 e. The molecular weight excluding hydrogens is 324 g/mol. The summed E-state index contributed by atoms with van der Waals surface area (Å²) in [5, 5.41) is 3.28. The van der Waals surface area contributed by atoms with Crippen molar-refractivity contribution in [2.45, 2.75) is 0 Å². The van der Waals surface area contributed by atoms with Crippen molar-refractivity contribution in [2.75, 3.05) is 19.1 Å². The molecule has 2 aromatic rings. The molecule has 0 unspecified atom stereocenters. The lowest BCUT2D eigenvalue weighted by molar-refractivity contribution is -0.113. The lowest BCUT2D eigenvalue weighted by atomic mass is 10.1. The van der Waals surface area contributed by atoms with Crippen LogP contribution in [-0.4, -0.2) is 25.2 Å². The highest BCUT2D eigenvalue weighted by Gasteiger charge is 2.33. The highest BCUT2D eigenvalue weighted by Crippen LogP contribution is 2.31. The number of nitrogens with zero attached hydrogens (tertiary/aromatic N) is 1. The van der Waals surface area contributed by atoms with Crippen molar-refractivity contribution in [1.29, 1.82) is 0 Å². The van der Waals surface area contributed by atoms with Gasteiger partial charge in [0.1, 0.15) is 17.2 Å². The van der Waals surface area contributed by atoms with E-state index < -0.39 is 0 Å². The van der Waals surface area contributed by atoms with Gasteiger partial charge in [0.15, 0.2) is 5.11 Å². The van der Waals surface area contributed by atoms with E-state index in [1.807, 2.05) is 36.4 Å². The van der Waals surface area contributed by atoms with Gasteiger partial charge >= 0.3 is 0 Å². The first-order valence-corrected chi connectivity index (χ1v) is 7.69. The average molecular weight is 340 g/mol. The van der Waals surface area contributed by atoms with Crippen molar-refractivity contribution in [3.05, 3.63) is 59.8 Å². The first-order chi connectivity index (χ1) is 11.6. The Morgan fingerprint density at radius 3 is 2.62 bits per heavy atom. The Balaban J connectivity index is 1.95. The SMILES string of the molecule is COc1cccc(/C=C2/NC(=S)N(c3ccccc3OC)C2=O)c1. The van der Waals surface area contributed by atoms with E-state index in [0.29, 0.717) is 22.2 Å². The second-order valence-corrected chi connectivity index (χ2v) is 5.46. The number of methoxy groups -OCH3 is 2. The lowest BCUT2D eigenvalue weighted by Gasteiger charge is -2.17. The van der Waals surface area contributed by atoms with E-state index in [-0.39, 0.29) is 5.91 Å². The molecule has 1 saturated heterocycles. The van der Waals surface area contributed by atoms with Crippen molar-refractivity contribution in [3.63, 3.8) is 0 Å². The average Bonchev–Trinajstić information content (AvgIpc) is 2.88. The third-order valence-corrected chi connectivity index (χ3v) is 3.89. The number of nitrogens with one attached hydrogen (secondary N) is 1. The molecule has 0 aromatic heterocycles. The minimum absolute atomic E-state index is 0.229. The standard InChI is InChI=1S/C18H16N2O3S/c1-22-13-7-5-6-12(10-13)11-14-17(21)20(18(24)19-14)15-8-3-4-9-16(15)23-2/h3-11H,1-2H3,(H,19,24)/b14-11+. The molecule has 0 bridgehead atoms. The van der Waals surface area contributed by atoms with E-state index in [9.17, 15) is 4.79 Å². The highest BCUT2D eigenvalue weighted by atomic mass is 32.1. The van der Waals surface area contributed by atoms with Crippen LogP contribution in [0.15, 0.2) is 54.2 Å². The third-order valence-electron chi connectivity index (χ3n) is 3.61. The predicted molar refractivity (Wildman–Crippen MR) is 97.2 cm³/mol. The molecule has 2 aromatic carbocycles. The number of rotatable bonds is 4. The number of carbonyl (C=O) groups is 1. The van der Waals surface area contributed by atoms with E-state index in [1.165, 1.54) is 4.90 Å². The molecule has 1 aliphatic heterocycles. The first-order valence-electron chi connectivity index (χ1n) is 7.28. The fraction of sp³-hybridized carbons (Fsp3) is 0.111. The molecular formula is C18H16N2O3S. The molecule has 0 spiro atoms.